The molecule has 2 heterocycles. The van der Waals surface area contributed by atoms with E-state index in [1.807, 2.05) is 0 Å². The van der Waals surface area contributed by atoms with E-state index in [0.717, 1.165) is 24.8 Å². The summed E-state index contributed by atoms with van der Waals surface area (Å²) in [5, 5.41) is 0. The molecule has 2 saturated heterocycles. The van der Waals surface area contributed by atoms with E-state index in [0.29, 0.717) is 39.1 Å². The molecule has 0 spiro atoms. The summed E-state index contributed by atoms with van der Waals surface area (Å²) in [7, 11) is 0. The third kappa shape index (κ3) is 5.28. The van der Waals surface area contributed by atoms with Crippen molar-refractivity contribution < 1.29 is 18.8 Å². The van der Waals surface area contributed by atoms with Gasteiger partial charge in [-0.25, -0.2) is 4.39 Å². The normalized spacial score (nSPS) is 18.6. The molecule has 0 bridgehead atoms. The monoisotopic (exact) mass is 375 g/mol. The molecule has 0 unspecified atom stereocenters. The van der Waals surface area contributed by atoms with Gasteiger partial charge in [0.25, 0.3) is 0 Å². The van der Waals surface area contributed by atoms with Gasteiger partial charge in [0.1, 0.15) is 5.82 Å². The minimum Gasteiger partial charge on any atom is -0.342 e. The van der Waals surface area contributed by atoms with Gasteiger partial charge in [-0.05, 0) is 30.5 Å². The summed E-state index contributed by atoms with van der Waals surface area (Å²) in [6.07, 6.45) is 3.77. The Hall–Kier alpha value is -2.44. The predicted molar refractivity (Wildman–Crippen MR) is 98.1 cm³/mol. The zero-order valence-corrected chi connectivity index (χ0v) is 15.5. The number of benzene rings is 1. The summed E-state index contributed by atoms with van der Waals surface area (Å²) in [6.45, 7) is 2.43. The van der Waals surface area contributed by atoms with Gasteiger partial charge in [-0.3, -0.25) is 14.4 Å². The maximum Gasteiger partial charge on any atom is 0.242 e. The second-order valence-electron chi connectivity index (χ2n) is 7.20. The minimum absolute atomic E-state index is 0.0437. The van der Waals surface area contributed by atoms with Crippen molar-refractivity contribution >= 4 is 17.7 Å². The SMILES string of the molecule is O=C1CCCCCN1CCC(=O)N1CCN(Cc2cccc(F)c2)C(=O)C1. The third-order valence-corrected chi connectivity index (χ3v) is 5.20. The molecular formula is C20H26FN3O3. The van der Waals surface area contributed by atoms with Crippen molar-refractivity contribution in [3.05, 3.63) is 35.6 Å². The maximum atomic E-state index is 13.3. The van der Waals surface area contributed by atoms with Gasteiger partial charge in [0.15, 0.2) is 0 Å². The lowest BCUT2D eigenvalue weighted by atomic mass is 10.2. The molecule has 27 heavy (non-hydrogen) atoms. The molecule has 7 heteroatoms. The second-order valence-corrected chi connectivity index (χ2v) is 7.20. The molecule has 3 rings (SSSR count). The molecular weight excluding hydrogens is 349 g/mol. The van der Waals surface area contributed by atoms with Crippen LogP contribution in [-0.2, 0) is 20.9 Å². The molecule has 1 aromatic carbocycles. The summed E-state index contributed by atoms with van der Waals surface area (Å²) in [5.41, 5.74) is 0.739. The molecule has 2 aliphatic heterocycles. The highest BCUT2D eigenvalue weighted by molar-refractivity contribution is 5.86. The third-order valence-electron chi connectivity index (χ3n) is 5.20. The highest BCUT2D eigenvalue weighted by Crippen LogP contribution is 2.14. The lowest BCUT2D eigenvalue weighted by Gasteiger charge is -2.34. The predicted octanol–water partition coefficient (Wildman–Crippen LogP) is 1.79. The van der Waals surface area contributed by atoms with Crippen LogP contribution < -0.4 is 0 Å². The molecule has 0 saturated carbocycles. The summed E-state index contributed by atoms with van der Waals surface area (Å²) in [6, 6.07) is 6.20. The van der Waals surface area contributed by atoms with Crippen LogP contribution in [0.25, 0.3) is 0 Å². The smallest absolute Gasteiger partial charge is 0.242 e. The van der Waals surface area contributed by atoms with Crippen LogP contribution in [0.15, 0.2) is 24.3 Å². The lowest BCUT2D eigenvalue weighted by molar-refractivity contribution is -0.146. The van der Waals surface area contributed by atoms with Crippen LogP contribution in [-0.4, -0.2) is 65.1 Å². The standard InChI is InChI=1S/C20H26FN3O3/c21-17-6-4-5-16(13-17)14-23-11-12-24(15-20(23)27)19(26)8-10-22-9-3-1-2-7-18(22)25/h4-6,13H,1-3,7-12,14-15H2. The van der Waals surface area contributed by atoms with E-state index in [9.17, 15) is 18.8 Å². The zero-order chi connectivity index (χ0) is 19.2. The number of amides is 3. The summed E-state index contributed by atoms with van der Waals surface area (Å²) >= 11 is 0. The minimum atomic E-state index is -0.322. The highest BCUT2D eigenvalue weighted by Gasteiger charge is 2.27. The number of carbonyl (C=O) groups excluding carboxylic acids is 3. The van der Waals surface area contributed by atoms with Crippen molar-refractivity contribution in [3.8, 4) is 0 Å². The van der Waals surface area contributed by atoms with Crippen LogP contribution in [0.5, 0.6) is 0 Å². The number of hydrogen-bond donors (Lipinski definition) is 0. The molecule has 0 atom stereocenters. The Morgan fingerprint density at radius 1 is 1.00 bits per heavy atom. The van der Waals surface area contributed by atoms with Crippen molar-refractivity contribution in [1.29, 1.82) is 0 Å². The fourth-order valence-electron chi connectivity index (χ4n) is 3.61. The van der Waals surface area contributed by atoms with Gasteiger partial charge in [0.2, 0.25) is 17.7 Å². The van der Waals surface area contributed by atoms with Crippen LogP contribution in [0.1, 0.15) is 37.7 Å². The van der Waals surface area contributed by atoms with E-state index in [-0.39, 0.29) is 36.5 Å². The largest absolute Gasteiger partial charge is 0.342 e. The first-order chi connectivity index (χ1) is 13.0. The number of piperazine rings is 1. The topological polar surface area (TPSA) is 60.9 Å². The van der Waals surface area contributed by atoms with Crippen LogP contribution in [0.3, 0.4) is 0 Å². The second kappa shape index (κ2) is 8.97. The molecule has 2 aliphatic rings. The maximum absolute atomic E-state index is 13.3. The molecule has 6 nitrogen and oxygen atoms in total. The average molecular weight is 375 g/mol. The lowest BCUT2D eigenvalue weighted by Crippen LogP contribution is -2.52. The van der Waals surface area contributed by atoms with Crippen molar-refractivity contribution in [2.24, 2.45) is 0 Å². The van der Waals surface area contributed by atoms with E-state index in [1.54, 1.807) is 26.8 Å². The van der Waals surface area contributed by atoms with Gasteiger partial charge < -0.3 is 14.7 Å². The molecule has 2 fully saturated rings. The Bertz CT molecular complexity index is 709. The molecule has 0 radical (unpaired) electrons. The number of rotatable bonds is 5. The molecule has 0 aromatic heterocycles. The number of halogens is 1. The first-order valence-corrected chi connectivity index (χ1v) is 9.61. The number of likely N-dealkylation sites (tertiary alicyclic amines) is 1. The summed E-state index contributed by atoms with van der Waals surface area (Å²) in [4.78, 5) is 41.8. The van der Waals surface area contributed by atoms with E-state index in [1.165, 1.54) is 12.1 Å². The zero-order valence-electron chi connectivity index (χ0n) is 15.5. The van der Waals surface area contributed by atoms with Gasteiger partial charge in [-0.2, -0.15) is 0 Å². The molecule has 1 aromatic rings. The first kappa shape index (κ1) is 19.3. The summed E-state index contributed by atoms with van der Waals surface area (Å²) < 4.78 is 13.3. The average Bonchev–Trinajstić information content (AvgIpc) is 2.85. The van der Waals surface area contributed by atoms with E-state index < -0.39 is 0 Å². The molecule has 0 N–H and O–H groups in total. The van der Waals surface area contributed by atoms with Gasteiger partial charge in [0, 0.05) is 45.6 Å². The van der Waals surface area contributed by atoms with Gasteiger partial charge in [-0.1, -0.05) is 18.6 Å². The Morgan fingerprint density at radius 2 is 1.85 bits per heavy atom. The Labute approximate surface area is 158 Å². The fraction of sp³-hybridized carbons (Fsp3) is 0.550. The first-order valence-electron chi connectivity index (χ1n) is 9.61. The molecule has 146 valence electrons. The number of hydrogen-bond acceptors (Lipinski definition) is 3. The van der Waals surface area contributed by atoms with E-state index in [4.69, 9.17) is 0 Å². The molecule has 3 amide bonds. The summed E-state index contributed by atoms with van der Waals surface area (Å²) in [5.74, 6) is -0.427. The van der Waals surface area contributed by atoms with Crippen molar-refractivity contribution in [1.82, 2.24) is 14.7 Å². The Kier molecular flexibility index (Phi) is 6.42. The molecule has 0 aliphatic carbocycles. The Balaban J connectivity index is 1.47. The van der Waals surface area contributed by atoms with E-state index >= 15 is 0 Å². The van der Waals surface area contributed by atoms with Crippen LogP contribution in [0.4, 0.5) is 4.39 Å². The van der Waals surface area contributed by atoms with Gasteiger partial charge >= 0.3 is 0 Å². The quantitative estimate of drug-likeness (QED) is 0.788. The number of carbonyl (C=O) groups is 3. The van der Waals surface area contributed by atoms with Crippen LogP contribution in [0.2, 0.25) is 0 Å². The Morgan fingerprint density at radius 3 is 2.63 bits per heavy atom. The van der Waals surface area contributed by atoms with Crippen LogP contribution in [0, 0.1) is 5.82 Å². The highest BCUT2D eigenvalue weighted by atomic mass is 19.1. The van der Waals surface area contributed by atoms with Crippen molar-refractivity contribution in [2.75, 3.05) is 32.7 Å². The van der Waals surface area contributed by atoms with E-state index in [2.05, 4.69) is 0 Å². The van der Waals surface area contributed by atoms with Crippen molar-refractivity contribution in [2.45, 2.75) is 38.6 Å². The van der Waals surface area contributed by atoms with Crippen molar-refractivity contribution in [3.63, 3.8) is 0 Å². The van der Waals surface area contributed by atoms with Gasteiger partial charge in [0.05, 0.1) is 6.54 Å². The van der Waals surface area contributed by atoms with Gasteiger partial charge in [-0.15, -0.1) is 0 Å². The number of nitrogens with zero attached hydrogens (tertiary/aromatic N) is 3. The fourth-order valence-corrected chi connectivity index (χ4v) is 3.61. The van der Waals surface area contributed by atoms with Crippen LogP contribution >= 0.6 is 0 Å².